The topological polar surface area (TPSA) is 60.5 Å². The molecule has 5 nitrogen and oxygen atoms in total. The van der Waals surface area contributed by atoms with Crippen molar-refractivity contribution in [1.82, 2.24) is 4.98 Å². The lowest BCUT2D eigenvalue weighted by Crippen LogP contribution is -2.02. The zero-order valence-corrected chi connectivity index (χ0v) is 10.5. The van der Waals surface area contributed by atoms with Gasteiger partial charge in [-0.2, -0.15) is 0 Å². The van der Waals surface area contributed by atoms with Gasteiger partial charge in [-0.05, 0) is 18.2 Å². The van der Waals surface area contributed by atoms with Gasteiger partial charge in [0.1, 0.15) is 0 Å². The lowest BCUT2D eigenvalue weighted by Gasteiger charge is -2.11. The van der Waals surface area contributed by atoms with Crippen LogP contribution in [0.25, 0.3) is 10.9 Å². The fraction of sp³-hybridized carbons (Fsp3) is 0.231. The summed E-state index contributed by atoms with van der Waals surface area (Å²) < 4.78 is 9.91. The van der Waals surface area contributed by atoms with Gasteiger partial charge in [0.15, 0.2) is 5.75 Å². The highest BCUT2D eigenvalue weighted by molar-refractivity contribution is 5.99. The van der Waals surface area contributed by atoms with Crippen molar-refractivity contribution in [3.05, 3.63) is 30.0 Å². The maximum absolute atomic E-state index is 11.4. The molecule has 1 aromatic carbocycles. The van der Waals surface area contributed by atoms with E-state index in [1.807, 2.05) is 13.1 Å². The smallest absolute Gasteiger partial charge is 0.337 e. The number of benzene rings is 1. The number of methoxy groups -OCH3 is 2. The first-order chi connectivity index (χ1) is 8.71. The van der Waals surface area contributed by atoms with Crippen LogP contribution in [0, 0.1) is 0 Å². The molecule has 0 aliphatic rings. The van der Waals surface area contributed by atoms with Gasteiger partial charge in [0.25, 0.3) is 0 Å². The minimum absolute atomic E-state index is 0.375. The van der Waals surface area contributed by atoms with Crippen molar-refractivity contribution in [3.63, 3.8) is 0 Å². The number of nitrogens with one attached hydrogen (secondary N) is 1. The number of hydrogen-bond acceptors (Lipinski definition) is 5. The number of hydrogen-bond donors (Lipinski definition) is 1. The number of pyridine rings is 1. The highest BCUT2D eigenvalue weighted by atomic mass is 16.5. The fourth-order valence-electron chi connectivity index (χ4n) is 1.83. The molecule has 0 unspecified atom stereocenters. The molecule has 0 spiro atoms. The van der Waals surface area contributed by atoms with Gasteiger partial charge in [0.2, 0.25) is 0 Å². The maximum Gasteiger partial charge on any atom is 0.337 e. The number of rotatable bonds is 3. The zero-order chi connectivity index (χ0) is 13.1. The first-order valence-electron chi connectivity index (χ1n) is 5.44. The van der Waals surface area contributed by atoms with E-state index >= 15 is 0 Å². The molecule has 5 heteroatoms. The van der Waals surface area contributed by atoms with E-state index in [0.29, 0.717) is 16.8 Å². The largest absolute Gasteiger partial charge is 0.493 e. The first-order valence-corrected chi connectivity index (χ1v) is 5.44. The van der Waals surface area contributed by atoms with E-state index in [-0.39, 0.29) is 5.97 Å². The molecule has 0 fully saturated rings. The predicted molar refractivity (Wildman–Crippen MR) is 69.2 cm³/mol. The van der Waals surface area contributed by atoms with E-state index < -0.39 is 0 Å². The molecule has 2 rings (SSSR count). The monoisotopic (exact) mass is 246 g/mol. The maximum atomic E-state index is 11.4. The van der Waals surface area contributed by atoms with Crippen molar-refractivity contribution < 1.29 is 14.3 Å². The molecule has 0 amide bonds. The molecule has 0 aliphatic carbocycles. The molecule has 0 saturated heterocycles. The molecular weight excluding hydrogens is 232 g/mol. The molecule has 94 valence electrons. The Hall–Kier alpha value is -2.30. The Kier molecular flexibility index (Phi) is 3.32. The van der Waals surface area contributed by atoms with Crippen LogP contribution in [0.4, 0.5) is 5.69 Å². The predicted octanol–water partition coefficient (Wildman–Crippen LogP) is 2.07. The Bertz CT molecular complexity index is 596. The fourth-order valence-corrected chi connectivity index (χ4v) is 1.83. The third-order valence-corrected chi connectivity index (χ3v) is 2.73. The summed E-state index contributed by atoms with van der Waals surface area (Å²) in [6.07, 6.45) is 1.62. The molecule has 1 aromatic heterocycles. The Morgan fingerprint density at radius 2 is 2.11 bits per heavy atom. The number of carbonyl (C=O) groups is 1. The van der Waals surface area contributed by atoms with Gasteiger partial charge in [-0.3, -0.25) is 4.98 Å². The van der Waals surface area contributed by atoms with Gasteiger partial charge < -0.3 is 14.8 Å². The second-order valence-corrected chi connectivity index (χ2v) is 3.68. The second-order valence-electron chi connectivity index (χ2n) is 3.68. The van der Waals surface area contributed by atoms with Crippen molar-refractivity contribution in [3.8, 4) is 5.75 Å². The van der Waals surface area contributed by atoms with Crippen molar-refractivity contribution in [2.45, 2.75) is 0 Å². The average Bonchev–Trinajstić information content (AvgIpc) is 2.44. The van der Waals surface area contributed by atoms with Crippen LogP contribution in [0.1, 0.15) is 10.4 Å². The number of anilines is 1. The van der Waals surface area contributed by atoms with Crippen LogP contribution in [0.3, 0.4) is 0 Å². The lowest BCUT2D eigenvalue weighted by atomic mass is 10.1. The highest BCUT2D eigenvalue weighted by Crippen LogP contribution is 2.31. The molecule has 18 heavy (non-hydrogen) atoms. The summed E-state index contributed by atoms with van der Waals surface area (Å²) in [5.74, 6) is 0.288. The van der Waals surface area contributed by atoms with Crippen molar-refractivity contribution in [2.24, 2.45) is 0 Å². The molecule has 1 N–H and O–H groups in total. The van der Waals surface area contributed by atoms with Crippen molar-refractivity contribution >= 4 is 22.6 Å². The van der Waals surface area contributed by atoms with Crippen LogP contribution in [-0.4, -0.2) is 32.2 Å². The Morgan fingerprint density at radius 1 is 1.33 bits per heavy atom. The van der Waals surface area contributed by atoms with Crippen molar-refractivity contribution in [1.29, 1.82) is 0 Å². The number of esters is 1. The van der Waals surface area contributed by atoms with Crippen LogP contribution in [0.15, 0.2) is 24.4 Å². The molecule has 2 aromatic rings. The summed E-state index contributed by atoms with van der Waals surface area (Å²) in [5, 5.41) is 3.96. The molecule has 0 bridgehead atoms. The van der Waals surface area contributed by atoms with Gasteiger partial charge >= 0.3 is 5.97 Å². The second kappa shape index (κ2) is 4.91. The van der Waals surface area contributed by atoms with Gasteiger partial charge in [-0.25, -0.2) is 4.79 Å². The first kappa shape index (κ1) is 12.2. The van der Waals surface area contributed by atoms with Crippen LogP contribution >= 0.6 is 0 Å². The molecule has 0 saturated carbocycles. The third kappa shape index (κ3) is 1.95. The van der Waals surface area contributed by atoms with E-state index in [4.69, 9.17) is 4.74 Å². The quantitative estimate of drug-likeness (QED) is 0.840. The van der Waals surface area contributed by atoms with Gasteiger partial charge in [-0.1, -0.05) is 0 Å². The Balaban J connectivity index is 2.63. The van der Waals surface area contributed by atoms with E-state index in [2.05, 4.69) is 15.0 Å². The number of nitrogens with zero attached hydrogens (tertiary/aromatic N) is 1. The van der Waals surface area contributed by atoms with Gasteiger partial charge in [-0.15, -0.1) is 0 Å². The van der Waals surface area contributed by atoms with E-state index in [1.165, 1.54) is 7.11 Å². The molecule has 0 radical (unpaired) electrons. The summed E-state index contributed by atoms with van der Waals surface area (Å²) in [5.41, 5.74) is 2.03. The molecular formula is C13H14N2O3. The number of aromatic nitrogens is 1. The zero-order valence-electron chi connectivity index (χ0n) is 10.5. The molecule has 1 heterocycles. The average molecular weight is 246 g/mol. The molecule has 0 aliphatic heterocycles. The SMILES string of the molecule is CNc1c(OC)cnc2cc(C(=O)OC)ccc12. The highest BCUT2D eigenvalue weighted by Gasteiger charge is 2.11. The summed E-state index contributed by atoms with van der Waals surface area (Å²) in [6.45, 7) is 0. The van der Waals surface area contributed by atoms with E-state index in [1.54, 1.807) is 25.4 Å². The molecule has 0 atom stereocenters. The van der Waals surface area contributed by atoms with Gasteiger partial charge in [0.05, 0.1) is 37.2 Å². The number of ether oxygens (including phenoxy) is 2. The van der Waals surface area contributed by atoms with Crippen LogP contribution in [-0.2, 0) is 4.74 Å². The minimum atomic E-state index is -0.375. The Labute approximate surface area is 105 Å². The standard InChI is InChI=1S/C13H14N2O3/c1-14-12-9-5-4-8(13(16)18-3)6-10(9)15-7-11(12)17-2/h4-7H,1-3H3,(H,14,15). The normalized spacial score (nSPS) is 10.2. The summed E-state index contributed by atoms with van der Waals surface area (Å²) >= 11 is 0. The summed E-state index contributed by atoms with van der Waals surface area (Å²) in [6, 6.07) is 5.22. The van der Waals surface area contributed by atoms with Crippen LogP contribution < -0.4 is 10.1 Å². The van der Waals surface area contributed by atoms with E-state index in [0.717, 1.165) is 11.1 Å². The summed E-state index contributed by atoms with van der Waals surface area (Å²) in [4.78, 5) is 15.7. The Morgan fingerprint density at radius 3 is 2.72 bits per heavy atom. The minimum Gasteiger partial charge on any atom is -0.493 e. The van der Waals surface area contributed by atoms with Crippen LogP contribution in [0.2, 0.25) is 0 Å². The number of fused-ring (bicyclic) bond motifs is 1. The van der Waals surface area contributed by atoms with E-state index in [9.17, 15) is 4.79 Å². The van der Waals surface area contributed by atoms with Gasteiger partial charge in [0, 0.05) is 12.4 Å². The third-order valence-electron chi connectivity index (χ3n) is 2.73. The van der Waals surface area contributed by atoms with Crippen LogP contribution in [0.5, 0.6) is 5.75 Å². The lowest BCUT2D eigenvalue weighted by molar-refractivity contribution is 0.0601. The number of carbonyl (C=O) groups excluding carboxylic acids is 1. The summed E-state index contributed by atoms with van der Waals surface area (Å²) in [7, 11) is 4.75. The van der Waals surface area contributed by atoms with Crippen molar-refractivity contribution in [2.75, 3.05) is 26.6 Å².